The second kappa shape index (κ2) is 15.4. The molecule has 13 heteroatoms. The molecule has 0 radical (unpaired) electrons. The van der Waals surface area contributed by atoms with Crippen molar-refractivity contribution in [2.24, 2.45) is 17.4 Å². The van der Waals surface area contributed by atoms with Crippen molar-refractivity contribution in [1.82, 2.24) is 16.0 Å². The maximum atomic E-state index is 13.2. The predicted octanol–water partition coefficient (Wildman–Crippen LogP) is -0.939. The summed E-state index contributed by atoms with van der Waals surface area (Å²) >= 11 is 0. The molecule has 0 heterocycles. The van der Waals surface area contributed by atoms with Gasteiger partial charge in [0, 0.05) is 6.42 Å². The van der Waals surface area contributed by atoms with E-state index in [0.29, 0.717) is 24.9 Å². The van der Waals surface area contributed by atoms with E-state index < -0.39 is 60.2 Å². The number of unbranched alkanes of at least 4 members (excludes halogenated alkanes) is 1. The SMILES string of the molecule is CC(C)C(N)C(=O)NC(Cc1ccc(O)cc1)C(=O)NC(CC(=O)O)C(=O)NC(CCCCN)C(=O)O. The summed E-state index contributed by atoms with van der Waals surface area (Å²) in [5.74, 6) is -5.46. The van der Waals surface area contributed by atoms with Crippen LogP contribution in [0.25, 0.3) is 0 Å². The van der Waals surface area contributed by atoms with E-state index in [9.17, 15) is 39.3 Å². The molecule has 0 aromatic heterocycles. The summed E-state index contributed by atoms with van der Waals surface area (Å²) in [6.45, 7) is 3.78. The number of carbonyl (C=O) groups is 5. The number of nitrogens with two attached hydrogens (primary N) is 2. The van der Waals surface area contributed by atoms with Crippen molar-refractivity contribution in [3.05, 3.63) is 29.8 Å². The van der Waals surface area contributed by atoms with E-state index in [-0.39, 0.29) is 24.5 Å². The van der Waals surface area contributed by atoms with Crippen LogP contribution in [0.15, 0.2) is 24.3 Å². The van der Waals surface area contributed by atoms with Gasteiger partial charge in [0.15, 0.2) is 0 Å². The molecule has 0 aliphatic carbocycles. The second-order valence-corrected chi connectivity index (χ2v) is 9.04. The summed E-state index contributed by atoms with van der Waals surface area (Å²) in [6.07, 6.45) is 0.143. The van der Waals surface area contributed by atoms with Crippen LogP contribution < -0.4 is 27.4 Å². The summed E-state index contributed by atoms with van der Waals surface area (Å²) in [7, 11) is 0. The summed E-state index contributed by atoms with van der Waals surface area (Å²) in [5, 5.41) is 35.3. The van der Waals surface area contributed by atoms with Crippen LogP contribution in [0.5, 0.6) is 5.75 Å². The van der Waals surface area contributed by atoms with E-state index in [0.717, 1.165) is 0 Å². The van der Waals surface area contributed by atoms with E-state index in [1.54, 1.807) is 13.8 Å². The Labute approximate surface area is 215 Å². The molecule has 13 nitrogen and oxygen atoms in total. The lowest BCUT2D eigenvalue weighted by atomic mass is 10.0. The van der Waals surface area contributed by atoms with Crippen molar-refractivity contribution < 1.29 is 39.3 Å². The van der Waals surface area contributed by atoms with Gasteiger partial charge in [0.2, 0.25) is 17.7 Å². The molecule has 0 bridgehead atoms. The Morgan fingerprint density at radius 2 is 1.38 bits per heavy atom. The predicted molar refractivity (Wildman–Crippen MR) is 133 cm³/mol. The molecule has 0 saturated heterocycles. The fourth-order valence-corrected chi connectivity index (χ4v) is 3.33. The minimum absolute atomic E-state index is 0.00624. The Bertz CT molecular complexity index is 938. The Kier molecular flexibility index (Phi) is 13.0. The first-order valence-electron chi connectivity index (χ1n) is 11.9. The summed E-state index contributed by atoms with van der Waals surface area (Å²) < 4.78 is 0. The minimum Gasteiger partial charge on any atom is -0.508 e. The summed E-state index contributed by atoms with van der Waals surface area (Å²) in [5.41, 5.74) is 11.9. The van der Waals surface area contributed by atoms with Crippen LogP contribution in [-0.4, -0.2) is 75.7 Å². The van der Waals surface area contributed by atoms with Gasteiger partial charge in [-0.05, 0) is 49.4 Å². The number of nitrogens with one attached hydrogen (secondary N) is 3. The van der Waals surface area contributed by atoms with Gasteiger partial charge in [-0.3, -0.25) is 19.2 Å². The van der Waals surface area contributed by atoms with Crippen molar-refractivity contribution in [3.63, 3.8) is 0 Å². The zero-order valence-electron chi connectivity index (χ0n) is 21.0. The average molecular weight is 524 g/mol. The number of benzene rings is 1. The molecule has 0 fully saturated rings. The largest absolute Gasteiger partial charge is 0.508 e. The number of carbonyl (C=O) groups excluding carboxylic acids is 3. The van der Waals surface area contributed by atoms with Gasteiger partial charge in [0.05, 0.1) is 12.5 Å². The normalized spacial score (nSPS) is 14.2. The second-order valence-electron chi connectivity index (χ2n) is 9.04. The third-order valence-electron chi connectivity index (χ3n) is 5.60. The van der Waals surface area contributed by atoms with Crippen molar-refractivity contribution in [2.75, 3.05) is 6.54 Å². The van der Waals surface area contributed by atoms with E-state index in [1.807, 2.05) is 0 Å². The molecule has 1 rings (SSSR count). The van der Waals surface area contributed by atoms with Crippen molar-refractivity contribution in [2.45, 2.75) is 70.1 Å². The molecular formula is C24H37N5O8. The van der Waals surface area contributed by atoms with Crippen LogP contribution in [0.1, 0.15) is 45.1 Å². The maximum Gasteiger partial charge on any atom is 0.326 e. The molecular weight excluding hydrogens is 486 g/mol. The van der Waals surface area contributed by atoms with Crippen molar-refractivity contribution >= 4 is 29.7 Å². The molecule has 206 valence electrons. The van der Waals surface area contributed by atoms with E-state index in [2.05, 4.69) is 16.0 Å². The number of hydrogen-bond donors (Lipinski definition) is 8. The minimum atomic E-state index is -1.61. The van der Waals surface area contributed by atoms with Gasteiger partial charge in [-0.15, -0.1) is 0 Å². The van der Waals surface area contributed by atoms with Crippen LogP contribution >= 0.6 is 0 Å². The smallest absolute Gasteiger partial charge is 0.326 e. The summed E-state index contributed by atoms with van der Waals surface area (Å²) in [6, 6.07) is 0.758. The van der Waals surface area contributed by atoms with Crippen LogP contribution in [0, 0.1) is 5.92 Å². The van der Waals surface area contributed by atoms with Crippen LogP contribution in [0.2, 0.25) is 0 Å². The molecule has 1 aromatic rings. The average Bonchev–Trinajstić information content (AvgIpc) is 2.82. The number of carboxylic acid groups (broad SMARTS) is 2. The topological polar surface area (TPSA) is 234 Å². The number of aromatic hydroxyl groups is 1. The monoisotopic (exact) mass is 523 g/mol. The highest BCUT2D eigenvalue weighted by Crippen LogP contribution is 2.12. The van der Waals surface area contributed by atoms with Crippen LogP contribution in [0.4, 0.5) is 0 Å². The number of aliphatic carboxylic acids is 2. The van der Waals surface area contributed by atoms with Gasteiger partial charge < -0.3 is 42.7 Å². The number of hydrogen-bond acceptors (Lipinski definition) is 8. The molecule has 37 heavy (non-hydrogen) atoms. The number of phenols is 1. The highest BCUT2D eigenvalue weighted by atomic mass is 16.4. The van der Waals surface area contributed by atoms with E-state index in [1.165, 1.54) is 24.3 Å². The van der Waals surface area contributed by atoms with Crippen LogP contribution in [-0.2, 0) is 30.4 Å². The fourth-order valence-electron chi connectivity index (χ4n) is 3.33. The van der Waals surface area contributed by atoms with Gasteiger partial charge in [0.1, 0.15) is 23.9 Å². The molecule has 0 aliphatic heterocycles. The lowest BCUT2D eigenvalue weighted by Gasteiger charge is -2.25. The van der Waals surface area contributed by atoms with Crippen molar-refractivity contribution in [3.8, 4) is 5.75 Å². The molecule has 0 saturated carbocycles. The number of rotatable bonds is 16. The van der Waals surface area contributed by atoms with Gasteiger partial charge >= 0.3 is 11.9 Å². The Morgan fingerprint density at radius 1 is 0.838 bits per heavy atom. The number of carboxylic acids is 2. The first-order chi connectivity index (χ1) is 17.3. The Balaban J connectivity index is 3.11. The molecule has 4 atom stereocenters. The fraction of sp³-hybridized carbons (Fsp3) is 0.542. The zero-order chi connectivity index (χ0) is 28.1. The van der Waals surface area contributed by atoms with Gasteiger partial charge in [0.25, 0.3) is 0 Å². The molecule has 1 aromatic carbocycles. The molecule has 0 spiro atoms. The number of phenolic OH excluding ortho intramolecular Hbond substituents is 1. The molecule has 10 N–H and O–H groups in total. The first kappa shape index (κ1) is 31.3. The Morgan fingerprint density at radius 3 is 1.89 bits per heavy atom. The molecule has 3 amide bonds. The molecule has 4 unspecified atom stereocenters. The van der Waals surface area contributed by atoms with Gasteiger partial charge in [-0.1, -0.05) is 26.0 Å². The quantitative estimate of drug-likeness (QED) is 0.124. The van der Waals surface area contributed by atoms with E-state index in [4.69, 9.17) is 11.5 Å². The highest BCUT2D eigenvalue weighted by Gasteiger charge is 2.32. The number of amides is 3. The highest BCUT2D eigenvalue weighted by molar-refractivity contribution is 5.95. The Hall–Kier alpha value is -3.71. The third kappa shape index (κ3) is 11.3. The van der Waals surface area contributed by atoms with Crippen molar-refractivity contribution in [1.29, 1.82) is 0 Å². The first-order valence-corrected chi connectivity index (χ1v) is 11.9. The standard InChI is InChI=1S/C24H37N5O8/c1-13(2)20(26)23(35)29-17(11-14-6-8-15(30)9-7-14)21(33)28-18(12-19(31)32)22(34)27-16(24(36)37)5-3-4-10-25/h6-9,13,16-18,20,30H,3-5,10-12,25-26H2,1-2H3,(H,27,34)(H,28,33)(H,29,35)(H,31,32)(H,36,37). The summed E-state index contributed by atoms with van der Waals surface area (Å²) in [4.78, 5) is 61.5. The third-order valence-corrected chi connectivity index (χ3v) is 5.60. The van der Waals surface area contributed by atoms with Gasteiger partial charge in [-0.25, -0.2) is 4.79 Å². The lowest BCUT2D eigenvalue weighted by Crippen LogP contribution is -2.58. The zero-order valence-corrected chi connectivity index (χ0v) is 21.0. The van der Waals surface area contributed by atoms with Gasteiger partial charge in [-0.2, -0.15) is 0 Å². The molecule has 0 aliphatic rings. The van der Waals surface area contributed by atoms with E-state index >= 15 is 0 Å². The lowest BCUT2D eigenvalue weighted by molar-refractivity contribution is -0.143. The van der Waals surface area contributed by atoms with Crippen LogP contribution in [0.3, 0.4) is 0 Å². The maximum absolute atomic E-state index is 13.2.